The first-order valence-corrected chi connectivity index (χ1v) is 9.13. The molecule has 0 saturated heterocycles. The molecule has 0 bridgehead atoms. The van der Waals surface area contributed by atoms with E-state index in [-0.39, 0.29) is 0 Å². The summed E-state index contributed by atoms with van der Waals surface area (Å²) in [6.45, 7) is 0.847. The van der Waals surface area contributed by atoms with Gasteiger partial charge in [0.25, 0.3) is 0 Å². The lowest BCUT2D eigenvalue weighted by Gasteiger charge is -2.11. The molecule has 0 spiro atoms. The van der Waals surface area contributed by atoms with Gasteiger partial charge in [0, 0.05) is 35.6 Å². The number of primary amides is 2. The van der Waals surface area contributed by atoms with Crippen LogP contribution < -0.4 is 11.5 Å². The average molecular weight is 386 g/mol. The quantitative estimate of drug-likeness (QED) is 0.533. The van der Waals surface area contributed by atoms with Crippen LogP contribution in [0.25, 0.3) is 21.8 Å². The molecule has 0 aliphatic rings. The van der Waals surface area contributed by atoms with Gasteiger partial charge in [0.15, 0.2) is 0 Å². The number of hydrogen-bond donors (Lipinski definition) is 2. The number of nitrogens with two attached hydrogens (primary N) is 2. The third-order valence-corrected chi connectivity index (χ3v) is 5.04. The lowest BCUT2D eigenvalue weighted by molar-refractivity contribution is 0.0992. The van der Waals surface area contributed by atoms with Crippen molar-refractivity contribution in [2.45, 2.75) is 13.2 Å². The summed E-state index contributed by atoms with van der Waals surface area (Å²) >= 11 is 0. The Labute approximate surface area is 167 Å². The van der Waals surface area contributed by atoms with Crippen molar-refractivity contribution in [1.29, 1.82) is 0 Å². The maximum atomic E-state index is 12.1. The number of methoxy groups -OCH3 is 1. The molecule has 3 aromatic carbocycles. The van der Waals surface area contributed by atoms with Gasteiger partial charge in [0.2, 0.25) is 11.8 Å². The molecular weight excluding hydrogens is 366 g/mol. The second-order valence-electron chi connectivity index (χ2n) is 6.87. The number of rotatable bonds is 6. The van der Waals surface area contributed by atoms with Crippen molar-refractivity contribution in [3.8, 4) is 0 Å². The molecule has 0 atom stereocenters. The maximum absolute atomic E-state index is 12.1. The van der Waals surface area contributed by atoms with E-state index in [1.165, 1.54) is 0 Å². The monoisotopic (exact) mass is 386 g/mol. The standard InChI is InChI=1S/C23H20N3O3/c1-29-13-14-9-10-17-20(11-14)26(12-15-5-2-3-6-16(15)22(24)27)19-8-4-7-18(21(17)19)23(25)28/h2-9,11H,12-13H2,1H3,(H2,24,27)(H2,25,28). The van der Waals surface area contributed by atoms with Crippen molar-refractivity contribution >= 4 is 33.6 Å². The normalized spacial score (nSPS) is 11.2. The van der Waals surface area contributed by atoms with Gasteiger partial charge in [-0.15, -0.1) is 0 Å². The summed E-state index contributed by atoms with van der Waals surface area (Å²) in [5.41, 5.74) is 15.5. The Kier molecular flexibility index (Phi) is 4.78. The molecule has 0 aliphatic carbocycles. The minimum atomic E-state index is -0.499. The van der Waals surface area contributed by atoms with Crippen molar-refractivity contribution in [1.82, 2.24) is 4.57 Å². The van der Waals surface area contributed by atoms with E-state index in [1.807, 2.05) is 30.3 Å². The number of hydrogen-bond acceptors (Lipinski definition) is 3. The molecule has 29 heavy (non-hydrogen) atoms. The van der Waals surface area contributed by atoms with Gasteiger partial charge in [-0.25, -0.2) is 0 Å². The summed E-state index contributed by atoms with van der Waals surface area (Å²) in [5, 5.41) is 1.54. The smallest absolute Gasteiger partial charge is 0.249 e. The Bertz CT molecular complexity index is 1260. The molecule has 4 N–H and O–H groups in total. The van der Waals surface area contributed by atoms with Gasteiger partial charge in [-0.1, -0.05) is 24.3 Å². The maximum Gasteiger partial charge on any atom is 0.249 e. The Morgan fingerprint density at radius 2 is 1.72 bits per heavy atom. The highest BCUT2D eigenvalue weighted by atomic mass is 16.5. The third kappa shape index (κ3) is 3.23. The number of fused-ring (bicyclic) bond motifs is 3. The lowest BCUT2D eigenvalue weighted by atomic mass is 10.0. The van der Waals surface area contributed by atoms with Crippen molar-refractivity contribution in [2.24, 2.45) is 11.5 Å². The summed E-state index contributed by atoms with van der Waals surface area (Å²) in [4.78, 5) is 23.9. The van der Waals surface area contributed by atoms with E-state index in [0.717, 1.165) is 32.9 Å². The zero-order valence-electron chi connectivity index (χ0n) is 15.9. The largest absolute Gasteiger partial charge is 0.380 e. The first-order chi connectivity index (χ1) is 14.0. The molecule has 2 amide bonds. The van der Waals surface area contributed by atoms with Crippen molar-refractivity contribution in [3.05, 3.63) is 82.9 Å². The minimum Gasteiger partial charge on any atom is -0.380 e. The summed E-state index contributed by atoms with van der Waals surface area (Å²) in [7, 11) is 1.63. The number of benzene rings is 3. The topological polar surface area (TPSA) is 100 Å². The Balaban J connectivity index is 2.03. The van der Waals surface area contributed by atoms with E-state index >= 15 is 0 Å². The molecule has 6 nitrogen and oxygen atoms in total. The van der Waals surface area contributed by atoms with E-state index in [9.17, 15) is 9.59 Å². The van der Waals surface area contributed by atoms with Gasteiger partial charge in [0.05, 0.1) is 17.6 Å². The van der Waals surface area contributed by atoms with Gasteiger partial charge >= 0.3 is 0 Å². The Morgan fingerprint density at radius 1 is 1.00 bits per heavy atom. The van der Waals surface area contributed by atoms with Gasteiger partial charge in [0.1, 0.15) is 0 Å². The second kappa shape index (κ2) is 7.41. The van der Waals surface area contributed by atoms with Crippen LogP contribution in [0, 0.1) is 6.07 Å². The number of aromatic nitrogens is 1. The van der Waals surface area contributed by atoms with Crippen molar-refractivity contribution < 1.29 is 14.3 Å². The molecule has 6 heteroatoms. The van der Waals surface area contributed by atoms with E-state index in [0.29, 0.717) is 24.3 Å². The molecule has 0 unspecified atom stereocenters. The molecule has 1 aromatic heterocycles. The second-order valence-corrected chi connectivity index (χ2v) is 6.87. The highest BCUT2D eigenvalue weighted by Crippen LogP contribution is 2.33. The highest BCUT2D eigenvalue weighted by molar-refractivity contribution is 6.17. The Morgan fingerprint density at radius 3 is 2.45 bits per heavy atom. The van der Waals surface area contributed by atoms with Crippen LogP contribution in [-0.4, -0.2) is 23.5 Å². The van der Waals surface area contributed by atoms with E-state index in [1.54, 1.807) is 31.4 Å². The van der Waals surface area contributed by atoms with Crippen LogP contribution in [0.1, 0.15) is 31.8 Å². The summed E-state index contributed by atoms with van der Waals surface area (Å²) in [6, 6.07) is 19.8. The van der Waals surface area contributed by atoms with Crippen LogP contribution in [0.4, 0.5) is 0 Å². The molecule has 4 rings (SSSR count). The highest BCUT2D eigenvalue weighted by Gasteiger charge is 2.18. The van der Waals surface area contributed by atoms with E-state index in [4.69, 9.17) is 16.2 Å². The van der Waals surface area contributed by atoms with E-state index < -0.39 is 11.8 Å². The van der Waals surface area contributed by atoms with Gasteiger partial charge in [-0.05, 0) is 47.5 Å². The minimum absolute atomic E-state index is 0.408. The van der Waals surface area contributed by atoms with Crippen molar-refractivity contribution in [3.63, 3.8) is 0 Å². The zero-order chi connectivity index (χ0) is 20.5. The zero-order valence-corrected chi connectivity index (χ0v) is 15.9. The van der Waals surface area contributed by atoms with Gasteiger partial charge in [-0.2, -0.15) is 0 Å². The Hall–Kier alpha value is -3.64. The van der Waals surface area contributed by atoms with Crippen LogP contribution in [0.2, 0.25) is 0 Å². The number of carbonyl (C=O) groups excluding carboxylic acids is 2. The lowest BCUT2D eigenvalue weighted by Crippen LogP contribution is -2.15. The summed E-state index contributed by atoms with van der Waals surface area (Å²) < 4.78 is 7.31. The first-order valence-electron chi connectivity index (χ1n) is 9.13. The first kappa shape index (κ1) is 18.7. The van der Waals surface area contributed by atoms with Crippen LogP contribution in [-0.2, 0) is 17.9 Å². The van der Waals surface area contributed by atoms with Gasteiger partial charge in [-0.3, -0.25) is 9.59 Å². The van der Waals surface area contributed by atoms with E-state index in [2.05, 4.69) is 10.6 Å². The van der Waals surface area contributed by atoms with Gasteiger partial charge < -0.3 is 20.8 Å². The molecule has 1 radical (unpaired) electrons. The molecule has 0 fully saturated rings. The molecule has 145 valence electrons. The third-order valence-electron chi connectivity index (χ3n) is 5.04. The number of amides is 2. The fourth-order valence-electron chi connectivity index (χ4n) is 3.79. The number of carbonyl (C=O) groups is 2. The molecule has 0 aliphatic heterocycles. The molecular formula is C23H20N3O3. The average Bonchev–Trinajstić information content (AvgIpc) is 3.01. The van der Waals surface area contributed by atoms with Crippen LogP contribution in [0.15, 0.2) is 54.6 Å². The van der Waals surface area contributed by atoms with Crippen LogP contribution in [0.5, 0.6) is 0 Å². The number of nitrogens with zero attached hydrogens (tertiary/aromatic N) is 1. The van der Waals surface area contributed by atoms with Crippen LogP contribution in [0.3, 0.4) is 0 Å². The molecule has 4 aromatic rings. The number of ether oxygens (including phenoxy) is 1. The molecule has 1 heterocycles. The van der Waals surface area contributed by atoms with Crippen LogP contribution >= 0.6 is 0 Å². The SMILES string of the molecule is COCc1c[c]c2c3c(C(N)=O)cccc3n(Cc3ccccc3C(N)=O)c2c1. The predicted octanol–water partition coefficient (Wildman–Crippen LogP) is 2.99. The predicted molar refractivity (Wildman–Crippen MR) is 112 cm³/mol. The fraction of sp³-hybridized carbons (Fsp3) is 0.130. The molecule has 0 saturated carbocycles. The summed E-state index contributed by atoms with van der Waals surface area (Å²) in [5.74, 6) is -0.979. The summed E-state index contributed by atoms with van der Waals surface area (Å²) in [6.07, 6.45) is 0. The van der Waals surface area contributed by atoms with Crippen molar-refractivity contribution in [2.75, 3.05) is 7.11 Å². The fourth-order valence-corrected chi connectivity index (χ4v) is 3.79.